The molecule has 1 saturated carbocycles. The predicted octanol–water partition coefficient (Wildman–Crippen LogP) is 4.64. The van der Waals surface area contributed by atoms with Gasteiger partial charge in [-0.05, 0) is 36.5 Å². The molecule has 0 heterocycles. The van der Waals surface area contributed by atoms with Gasteiger partial charge in [0.1, 0.15) is 0 Å². The van der Waals surface area contributed by atoms with Gasteiger partial charge in [0.05, 0.1) is 0 Å². The quantitative estimate of drug-likeness (QED) is 0.596. The van der Waals surface area contributed by atoms with Gasteiger partial charge in [-0.1, -0.05) is 47.0 Å². The Hall–Kier alpha value is 0. The molecule has 0 saturated heterocycles. The van der Waals surface area contributed by atoms with Crippen molar-refractivity contribution in [2.45, 2.75) is 66.2 Å². The maximum absolute atomic E-state index is 2.53. The van der Waals surface area contributed by atoms with Crippen LogP contribution in [0.1, 0.15) is 66.2 Å². The fourth-order valence-corrected chi connectivity index (χ4v) is 3.45. The van der Waals surface area contributed by atoms with E-state index in [1.165, 1.54) is 38.5 Å². The fourth-order valence-electron chi connectivity index (χ4n) is 3.45. The summed E-state index contributed by atoms with van der Waals surface area (Å²) in [5.41, 5.74) is 0.668. The highest BCUT2D eigenvalue weighted by atomic mass is 14.4. The molecule has 0 aromatic heterocycles. The van der Waals surface area contributed by atoms with Crippen molar-refractivity contribution in [3.8, 4) is 0 Å². The maximum atomic E-state index is 2.53. The van der Waals surface area contributed by atoms with Gasteiger partial charge in [-0.3, -0.25) is 0 Å². The van der Waals surface area contributed by atoms with E-state index in [0.29, 0.717) is 5.41 Å². The van der Waals surface area contributed by atoms with Gasteiger partial charge in [-0.25, -0.2) is 0 Å². The van der Waals surface area contributed by atoms with Crippen LogP contribution in [0.4, 0.5) is 0 Å². The molecular formula is C13H26. The van der Waals surface area contributed by atoms with E-state index in [2.05, 4.69) is 27.7 Å². The number of hydrogen-bond acceptors (Lipinski definition) is 0. The van der Waals surface area contributed by atoms with Crippen LogP contribution in [0.25, 0.3) is 0 Å². The van der Waals surface area contributed by atoms with Crippen LogP contribution in [-0.2, 0) is 0 Å². The van der Waals surface area contributed by atoms with E-state index in [-0.39, 0.29) is 0 Å². The van der Waals surface area contributed by atoms with Gasteiger partial charge in [0, 0.05) is 0 Å². The van der Waals surface area contributed by atoms with E-state index in [4.69, 9.17) is 0 Å². The molecule has 13 heavy (non-hydrogen) atoms. The summed E-state index contributed by atoms with van der Waals surface area (Å²) in [4.78, 5) is 0. The van der Waals surface area contributed by atoms with Gasteiger partial charge in [0.15, 0.2) is 0 Å². The second kappa shape index (κ2) is 4.48. The van der Waals surface area contributed by atoms with Crippen molar-refractivity contribution in [1.29, 1.82) is 0 Å². The van der Waals surface area contributed by atoms with Crippen LogP contribution in [-0.4, -0.2) is 0 Å². The summed E-state index contributed by atoms with van der Waals surface area (Å²) in [5, 5.41) is 0. The van der Waals surface area contributed by atoms with Crippen LogP contribution in [0.5, 0.6) is 0 Å². The predicted molar refractivity (Wildman–Crippen MR) is 59.8 cm³/mol. The molecule has 0 heteroatoms. The molecule has 0 aromatic rings. The summed E-state index contributed by atoms with van der Waals surface area (Å²) in [6, 6.07) is 0. The third-order valence-electron chi connectivity index (χ3n) is 4.03. The van der Waals surface area contributed by atoms with Gasteiger partial charge in [0.25, 0.3) is 0 Å². The number of hydrogen-bond donors (Lipinski definition) is 0. The molecule has 0 N–H and O–H groups in total. The SMILES string of the molecule is CCCC1(C)CCCCC1C(C)C. The Kier molecular flexibility index (Phi) is 3.82. The molecule has 0 aromatic carbocycles. The highest BCUT2D eigenvalue weighted by Gasteiger charge is 2.36. The van der Waals surface area contributed by atoms with Gasteiger partial charge in [0.2, 0.25) is 0 Å². The van der Waals surface area contributed by atoms with E-state index in [1.54, 1.807) is 0 Å². The second-order valence-corrected chi connectivity index (χ2v) is 5.50. The first-order valence-electron chi connectivity index (χ1n) is 6.10. The first kappa shape index (κ1) is 11.1. The Morgan fingerprint density at radius 1 is 1.31 bits per heavy atom. The second-order valence-electron chi connectivity index (χ2n) is 5.50. The smallest absolute Gasteiger partial charge is 0.0295 e. The maximum Gasteiger partial charge on any atom is -0.0295 e. The molecule has 0 spiro atoms. The molecule has 0 amide bonds. The average molecular weight is 182 g/mol. The average Bonchev–Trinajstić information content (AvgIpc) is 2.04. The molecule has 2 atom stereocenters. The minimum Gasteiger partial charge on any atom is -0.0654 e. The van der Waals surface area contributed by atoms with Crippen LogP contribution in [0, 0.1) is 17.3 Å². The zero-order valence-corrected chi connectivity index (χ0v) is 9.90. The molecule has 0 nitrogen and oxygen atoms in total. The first-order chi connectivity index (χ1) is 6.10. The van der Waals surface area contributed by atoms with Crippen molar-refractivity contribution in [3.05, 3.63) is 0 Å². The van der Waals surface area contributed by atoms with Crippen LogP contribution in [0.3, 0.4) is 0 Å². The lowest BCUT2D eigenvalue weighted by Gasteiger charge is -2.44. The zero-order valence-electron chi connectivity index (χ0n) is 9.90. The minimum atomic E-state index is 0.668. The molecule has 1 fully saturated rings. The van der Waals surface area contributed by atoms with E-state index < -0.39 is 0 Å². The molecular weight excluding hydrogens is 156 g/mol. The molecule has 0 bridgehead atoms. The monoisotopic (exact) mass is 182 g/mol. The van der Waals surface area contributed by atoms with E-state index >= 15 is 0 Å². The Morgan fingerprint density at radius 3 is 2.54 bits per heavy atom. The molecule has 1 aliphatic carbocycles. The van der Waals surface area contributed by atoms with Crippen LogP contribution in [0.2, 0.25) is 0 Å². The summed E-state index contributed by atoms with van der Waals surface area (Å²) in [5.74, 6) is 1.87. The Labute approximate surface area is 84.1 Å². The highest BCUT2D eigenvalue weighted by molar-refractivity contribution is 4.87. The van der Waals surface area contributed by atoms with Crippen LogP contribution < -0.4 is 0 Å². The summed E-state index contributed by atoms with van der Waals surface area (Å²) in [6.45, 7) is 9.67. The highest BCUT2D eigenvalue weighted by Crippen LogP contribution is 2.47. The van der Waals surface area contributed by atoms with Crippen molar-refractivity contribution in [2.75, 3.05) is 0 Å². The van der Waals surface area contributed by atoms with Crippen molar-refractivity contribution in [3.63, 3.8) is 0 Å². The molecule has 0 radical (unpaired) electrons. The largest absolute Gasteiger partial charge is 0.0654 e. The van der Waals surface area contributed by atoms with E-state index in [0.717, 1.165) is 11.8 Å². The summed E-state index contributed by atoms with van der Waals surface area (Å²) >= 11 is 0. The van der Waals surface area contributed by atoms with Crippen molar-refractivity contribution in [2.24, 2.45) is 17.3 Å². The van der Waals surface area contributed by atoms with E-state index in [1.807, 2.05) is 0 Å². The summed E-state index contributed by atoms with van der Waals surface area (Å²) < 4.78 is 0. The normalized spacial score (nSPS) is 35.3. The lowest BCUT2D eigenvalue weighted by atomic mass is 9.61. The van der Waals surface area contributed by atoms with Crippen LogP contribution >= 0.6 is 0 Å². The van der Waals surface area contributed by atoms with Gasteiger partial charge in [-0.15, -0.1) is 0 Å². The lowest BCUT2D eigenvalue weighted by molar-refractivity contribution is 0.0664. The summed E-state index contributed by atoms with van der Waals surface area (Å²) in [6.07, 6.45) is 8.70. The third kappa shape index (κ3) is 2.48. The Morgan fingerprint density at radius 2 is 2.00 bits per heavy atom. The molecule has 0 aliphatic heterocycles. The van der Waals surface area contributed by atoms with Crippen LogP contribution in [0.15, 0.2) is 0 Å². The summed E-state index contributed by atoms with van der Waals surface area (Å²) in [7, 11) is 0. The van der Waals surface area contributed by atoms with Gasteiger partial charge < -0.3 is 0 Å². The van der Waals surface area contributed by atoms with Crippen molar-refractivity contribution >= 4 is 0 Å². The lowest BCUT2D eigenvalue weighted by Crippen LogP contribution is -2.34. The molecule has 1 rings (SSSR count). The molecule has 2 unspecified atom stereocenters. The van der Waals surface area contributed by atoms with Gasteiger partial charge in [-0.2, -0.15) is 0 Å². The van der Waals surface area contributed by atoms with E-state index in [9.17, 15) is 0 Å². The fraction of sp³-hybridized carbons (Fsp3) is 1.00. The molecule has 78 valence electrons. The van der Waals surface area contributed by atoms with Gasteiger partial charge >= 0.3 is 0 Å². The molecule has 1 aliphatic rings. The van der Waals surface area contributed by atoms with Crippen molar-refractivity contribution in [1.82, 2.24) is 0 Å². The standard InChI is InChI=1S/C13H26/c1-5-9-13(4)10-7-6-8-12(13)11(2)3/h11-12H,5-10H2,1-4H3. The Bertz CT molecular complexity index is 144. The topological polar surface area (TPSA) is 0 Å². The Balaban J connectivity index is 2.65. The zero-order chi connectivity index (χ0) is 9.90. The first-order valence-corrected chi connectivity index (χ1v) is 6.10. The van der Waals surface area contributed by atoms with Crippen molar-refractivity contribution < 1.29 is 0 Å². The minimum absolute atomic E-state index is 0.668. The number of rotatable bonds is 3. The third-order valence-corrected chi connectivity index (χ3v) is 4.03.